The normalized spacial score (nSPS) is 27.0. The van der Waals surface area contributed by atoms with Crippen molar-refractivity contribution in [2.75, 3.05) is 6.61 Å². The van der Waals surface area contributed by atoms with Crippen molar-refractivity contribution < 1.29 is 23.1 Å². The maximum absolute atomic E-state index is 14.1. The molecule has 0 heterocycles. The van der Waals surface area contributed by atoms with Crippen molar-refractivity contribution in [2.45, 2.75) is 30.6 Å². The zero-order valence-corrected chi connectivity index (χ0v) is 13.2. The second-order valence-electron chi connectivity index (χ2n) is 6.40. The number of carbonyl (C=O) groups is 2. The van der Waals surface area contributed by atoms with Crippen LogP contribution in [0.5, 0.6) is 0 Å². The van der Waals surface area contributed by atoms with Gasteiger partial charge >= 0.3 is 5.97 Å². The van der Waals surface area contributed by atoms with E-state index in [-0.39, 0.29) is 0 Å². The Morgan fingerprint density at radius 3 is 2.29 bits per heavy atom. The Balaban J connectivity index is 2.17. The number of carbonyl (C=O) groups excluding carboxylic acids is 2. The van der Waals surface area contributed by atoms with E-state index in [2.05, 4.69) is 0 Å². The molecule has 0 saturated heterocycles. The van der Waals surface area contributed by atoms with Gasteiger partial charge in [-0.05, 0) is 12.1 Å². The van der Waals surface area contributed by atoms with Gasteiger partial charge < -0.3 is 9.53 Å². The summed E-state index contributed by atoms with van der Waals surface area (Å²) in [5.74, 6) is -5.07. The molecule has 114 valence electrons. The summed E-state index contributed by atoms with van der Waals surface area (Å²) in [5.41, 5.74) is 0.315. The predicted octanol–water partition coefficient (Wildman–Crippen LogP) is 3.39. The average molecular weight is 312 g/mol. The maximum Gasteiger partial charge on any atom is 0.338 e. The van der Waals surface area contributed by atoms with Crippen molar-refractivity contribution in [3.63, 3.8) is 0 Å². The van der Waals surface area contributed by atoms with Gasteiger partial charge in [-0.3, -0.25) is 0 Å². The number of aldehydes is 1. The molecule has 0 aliphatic heterocycles. The summed E-state index contributed by atoms with van der Waals surface area (Å²) in [6.45, 7) is 4.88. The molecule has 0 spiro atoms. The Labute approximate surface area is 123 Å². The number of ether oxygens (including phenoxy) is 1. The number of benzene rings is 1. The number of alkyl halides is 2. The van der Waals surface area contributed by atoms with Crippen molar-refractivity contribution in [3.8, 4) is 0 Å². The van der Waals surface area contributed by atoms with Crippen LogP contribution in [0.15, 0.2) is 30.3 Å². The summed E-state index contributed by atoms with van der Waals surface area (Å²) in [7, 11) is -2.42. The van der Waals surface area contributed by atoms with Crippen LogP contribution in [0.4, 0.5) is 8.78 Å². The molecule has 2 rings (SSSR count). The van der Waals surface area contributed by atoms with E-state index in [1.54, 1.807) is 50.0 Å². The van der Waals surface area contributed by atoms with Crippen LogP contribution in [-0.4, -0.2) is 32.9 Å². The van der Waals surface area contributed by atoms with Crippen LogP contribution in [0.3, 0.4) is 0 Å². The third-order valence-corrected chi connectivity index (χ3v) is 7.81. The van der Waals surface area contributed by atoms with Gasteiger partial charge in [-0.25, -0.2) is 13.6 Å². The standard InChI is InChI=1S/C15H18F2O3Si/c1-21(2,3)14(12(9-18)15(14,16)17)10-20-13(19)11-7-5-4-6-8-11/h4-9,12H,10H2,1-3H3. The number of hydrogen-bond acceptors (Lipinski definition) is 3. The third-order valence-electron chi connectivity index (χ3n) is 4.35. The summed E-state index contributed by atoms with van der Waals surface area (Å²) in [4.78, 5) is 22.9. The van der Waals surface area contributed by atoms with Crippen LogP contribution in [0.25, 0.3) is 0 Å². The van der Waals surface area contributed by atoms with Gasteiger partial charge in [-0.2, -0.15) is 0 Å². The lowest BCUT2D eigenvalue weighted by molar-refractivity contribution is -0.110. The van der Waals surface area contributed by atoms with Crippen molar-refractivity contribution in [3.05, 3.63) is 35.9 Å². The van der Waals surface area contributed by atoms with E-state index in [0.717, 1.165) is 0 Å². The summed E-state index contributed by atoms with van der Waals surface area (Å²) >= 11 is 0. The molecule has 0 bridgehead atoms. The first-order valence-corrected chi connectivity index (χ1v) is 10.2. The van der Waals surface area contributed by atoms with Crippen molar-refractivity contribution in [2.24, 2.45) is 5.92 Å². The Morgan fingerprint density at radius 2 is 1.86 bits per heavy atom. The summed E-state index contributed by atoms with van der Waals surface area (Å²) in [6.07, 6.45) is 0.300. The number of halogens is 2. The molecular weight excluding hydrogens is 294 g/mol. The molecule has 21 heavy (non-hydrogen) atoms. The van der Waals surface area contributed by atoms with Gasteiger partial charge in [0.15, 0.2) is 0 Å². The average Bonchev–Trinajstić information content (AvgIpc) is 2.93. The van der Waals surface area contributed by atoms with Crippen LogP contribution in [0.1, 0.15) is 10.4 Å². The molecule has 0 amide bonds. The second-order valence-corrected chi connectivity index (χ2v) is 11.8. The Bertz CT molecular complexity index is 554. The van der Waals surface area contributed by atoms with Crippen LogP contribution in [0, 0.1) is 5.92 Å². The fourth-order valence-electron chi connectivity index (χ4n) is 2.89. The maximum atomic E-state index is 14.1. The summed E-state index contributed by atoms with van der Waals surface area (Å²) in [6, 6.07) is 8.21. The van der Waals surface area contributed by atoms with Gasteiger partial charge in [-0.15, -0.1) is 0 Å². The van der Waals surface area contributed by atoms with E-state index >= 15 is 0 Å². The van der Waals surface area contributed by atoms with Crippen LogP contribution in [-0.2, 0) is 9.53 Å². The fourth-order valence-corrected chi connectivity index (χ4v) is 5.66. The first-order valence-electron chi connectivity index (χ1n) is 6.74. The third kappa shape index (κ3) is 2.31. The Kier molecular flexibility index (Phi) is 3.78. The van der Waals surface area contributed by atoms with Gasteiger partial charge in [0.2, 0.25) is 0 Å². The minimum atomic E-state index is -3.09. The SMILES string of the molecule is C[Si](C)(C)C1(COC(=O)c2ccccc2)C(C=O)C1(F)F. The minimum Gasteiger partial charge on any atom is -0.462 e. The van der Waals surface area contributed by atoms with Crippen LogP contribution >= 0.6 is 0 Å². The monoisotopic (exact) mass is 312 g/mol. The molecule has 0 aromatic heterocycles. The molecule has 6 heteroatoms. The highest BCUT2D eigenvalue weighted by Gasteiger charge is 2.85. The van der Waals surface area contributed by atoms with Gasteiger partial charge in [-0.1, -0.05) is 37.8 Å². The molecule has 1 saturated carbocycles. The summed E-state index contributed by atoms with van der Waals surface area (Å²) < 4.78 is 33.3. The fraction of sp³-hybridized carbons (Fsp3) is 0.467. The minimum absolute atomic E-state index is 0.300. The highest BCUT2D eigenvalue weighted by atomic mass is 28.3. The number of esters is 1. The molecule has 2 unspecified atom stereocenters. The van der Waals surface area contributed by atoms with Crippen LogP contribution in [0.2, 0.25) is 24.7 Å². The van der Waals surface area contributed by atoms with E-state index in [4.69, 9.17) is 4.74 Å². The molecule has 1 aromatic rings. The van der Waals surface area contributed by atoms with E-state index in [1.807, 2.05) is 0 Å². The van der Waals surface area contributed by atoms with Gasteiger partial charge in [0.25, 0.3) is 5.92 Å². The van der Waals surface area contributed by atoms with E-state index < -0.39 is 37.5 Å². The van der Waals surface area contributed by atoms with Crippen molar-refractivity contribution >= 4 is 20.3 Å². The molecule has 1 aliphatic carbocycles. The molecule has 0 radical (unpaired) electrons. The molecule has 2 atom stereocenters. The largest absolute Gasteiger partial charge is 0.462 e. The molecule has 0 N–H and O–H groups in total. The molecule has 1 fully saturated rings. The zero-order valence-electron chi connectivity index (χ0n) is 12.2. The van der Waals surface area contributed by atoms with Gasteiger partial charge in [0, 0.05) is 0 Å². The Morgan fingerprint density at radius 1 is 1.29 bits per heavy atom. The number of rotatable bonds is 5. The van der Waals surface area contributed by atoms with Gasteiger partial charge in [0.1, 0.15) is 12.9 Å². The molecule has 1 aliphatic rings. The van der Waals surface area contributed by atoms with Gasteiger partial charge in [0.05, 0.1) is 24.6 Å². The Hall–Kier alpha value is -1.56. The lowest BCUT2D eigenvalue weighted by atomic mass is 10.2. The van der Waals surface area contributed by atoms with Crippen LogP contribution < -0.4 is 0 Å². The highest BCUT2D eigenvalue weighted by Crippen LogP contribution is 2.75. The predicted molar refractivity (Wildman–Crippen MR) is 77.3 cm³/mol. The molecule has 3 nitrogen and oxygen atoms in total. The smallest absolute Gasteiger partial charge is 0.338 e. The lowest BCUT2D eigenvalue weighted by Crippen LogP contribution is -2.38. The molecular formula is C15H18F2O3Si. The first kappa shape index (κ1) is 15.8. The highest BCUT2D eigenvalue weighted by molar-refractivity contribution is 6.81. The topological polar surface area (TPSA) is 43.4 Å². The molecule has 1 aromatic carbocycles. The van der Waals surface area contributed by atoms with E-state index in [1.165, 1.54) is 0 Å². The quantitative estimate of drug-likeness (QED) is 0.475. The number of hydrogen-bond donors (Lipinski definition) is 0. The van der Waals surface area contributed by atoms with Crippen molar-refractivity contribution in [1.29, 1.82) is 0 Å². The lowest BCUT2D eigenvalue weighted by Gasteiger charge is -2.29. The summed E-state index contributed by atoms with van der Waals surface area (Å²) in [5, 5.41) is -1.49. The van der Waals surface area contributed by atoms with Crippen molar-refractivity contribution in [1.82, 2.24) is 0 Å². The first-order chi connectivity index (χ1) is 9.68. The zero-order chi connectivity index (χ0) is 15.9. The van der Waals surface area contributed by atoms with E-state index in [9.17, 15) is 18.4 Å². The van der Waals surface area contributed by atoms with E-state index in [0.29, 0.717) is 11.8 Å². The second kappa shape index (κ2) is 5.01.